The molecule has 4 rings (SSSR count). The Balaban J connectivity index is 1.48. The molecule has 0 amide bonds. The van der Waals surface area contributed by atoms with E-state index in [2.05, 4.69) is 34.5 Å². The number of Topliss-reactive ketones (excluding diaryl/α,β-unsaturated/α-hetero) is 2. The number of benzene rings is 3. The molecule has 3 aromatic rings. The summed E-state index contributed by atoms with van der Waals surface area (Å²) >= 11 is 6.23. The number of nitrogens with one attached hydrogen (secondary N) is 1. The highest BCUT2D eigenvalue weighted by Gasteiger charge is 2.31. The first kappa shape index (κ1) is 19.9. The van der Waals surface area contributed by atoms with Gasteiger partial charge in [-0.1, -0.05) is 72.3 Å². The van der Waals surface area contributed by atoms with E-state index in [-0.39, 0.29) is 5.03 Å². The number of hydrogen-bond donors (Lipinski definition) is 1. The molecule has 0 saturated carbocycles. The summed E-state index contributed by atoms with van der Waals surface area (Å²) in [7, 11) is 0. The van der Waals surface area contributed by atoms with Crippen LogP contribution in [-0.2, 0) is 4.79 Å². The molecule has 30 heavy (non-hydrogen) atoms. The van der Waals surface area contributed by atoms with Crippen molar-refractivity contribution in [1.29, 1.82) is 0 Å². The van der Waals surface area contributed by atoms with Gasteiger partial charge < -0.3 is 10.2 Å². The first-order valence-electron chi connectivity index (χ1n) is 9.86. The van der Waals surface area contributed by atoms with Crippen LogP contribution in [-0.4, -0.2) is 24.7 Å². The molecule has 1 N–H and O–H groups in total. The van der Waals surface area contributed by atoms with E-state index in [1.807, 2.05) is 48.5 Å². The number of rotatable bonds is 7. The van der Waals surface area contributed by atoms with Crippen LogP contribution in [0, 0.1) is 0 Å². The van der Waals surface area contributed by atoms with Crippen molar-refractivity contribution < 1.29 is 9.59 Å². The van der Waals surface area contributed by atoms with Gasteiger partial charge in [-0.05, 0) is 30.7 Å². The van der Waals surface area contributed by atoms with Gasteiger partial charge in [-0.15, -0.1) is 0 Å². The van der Waals surface area contributed by atoms with Crippen LogP contribution in [0.2, 0.25) is 0 Å². The molecule has 0 aromatic heterocycles. The molecule has 0 atom stereocenters. The standard InChI is InChI=1S/C25H21ClN2O2/c26-22-23(20-14-7-8-15-21(20)24(29)25(22)30)27-16-9-17-28(18-10-3-1-4-11-18)19-12-5-2-6-13-19/h1-8,10-15,27H,9,16-17H2. The molecule has 0 aliphatic heterocycles. The third-order valence-electron chi connectivity index (χ3n) is 5.06. The molecule has 0 spiro atoms. The number of allylic oxidation sites excluding steroid dienone is 1. The predicted molar refractivity (Wildman–Crippen MR) is 121 cm³/mol. The van der Waals surface area contributed by atoms with Crippen LogP contribution in [0.4, 0.5) is 11.4 Å². The zero-order valence-electron chi connectivity index (χ0n) is 16.3. The largest absolute Gasteiger partial charge is 0.383 e. The van der Waals surface area contributed by atoms with Crippen molar-refractivity contribution in [1.82, 2.24) is 5.32 Å². The van der Waals surface area contributed by atoms with E-state index in [0.29, 0.717) is 23.4 Å². The number of halogens is 1. The maximum atomic E-state index is 12.2. The number of para-hydroxylation sites is 2. The van der Waals surface area contributed by atoms with Crippen LogP contribution < -0.4 is 10.2 Å². The fourth-order valence-corrected chi connectivity index (χ4v) is 3.85. The van der Waals surface area contributed by atoms with E-state index in [4.69, 9.17) is 11.6 Å². The van der Waals surface area contributed by atoms with Crippen molar-refractivity contribution in [2.75, 3.05) is 18.0 Å². The second-order valence-electron chi connectivity index (χ2n) is 7.00. The lowest BCUT2D eigenvalue weighted by atomic mass is 9.92. The minimum Gasteiger partial charge on any atom is -0.383 e. The van der Waals surface area contributed by atoms with Crippen molar-refractivity contribution in [3.05, 3.63) is 101 Å². The van der Waals surface area contributed by atoms with Crippen LogP contribution in [0.1, 0.15) is 22.3 Å². The zero-order valence-corrected chi connectivity index (χ0v) is 17.1. The second kappa shape index (κ2) is 8.97. The van der Waals surface area contributed by atoms with Gasteiger partial charge in [-0.2, -0.15) is 0 Å². The molecule has 3 aromatic carbocycles. The summed E-state index contributed by atoms with van der Waals surface area (Å²) in [5.41, 5.74) is 3.83. The van der Waals surface area contributed by atoms with E-state index in [0.717, 1.165) is 24.3 Å². The summed E-state index contributed by atoms with van der Waals surface area (Å²) in [6.45, 7) is 1.39. The van der Waals surface area contributed by atoms with Gasteiger partial charge in [-0.25, -0.2) is 0 Å². The SMILES string of the molecule is O=C1C(=O)c2ccccc2C(NCCCN(c2ccccc2)c2ccccc2)=C1Cl. The lowest BCUT2D eigenvalue weighted by Gasteiger charge is -2.26. The molecule has 5 heteroatoms. The Labute approximate surface area is 180 Å². The zero-order chi connectivity index (χ0) is 20.9. The maximum absolute atomic E-state index is 12.2. The second-order valence-corrected chi connectivity index (χ2v) is 7.37. The fourth-order valence-electron chi connectivity index (χ4n) is 3.60. The molecular weight excluding hydrogens is 396 g/mol. The summed E-state index contributed by atoms with van der Waals surface area (Å²) in [6, 6.07) is 27.5. The molecule has 1 aliphatic rings. The van der Waals surface area contributed by atoms with Crippen molar-refractivity contribution in [2.45, 2.75) is 6.42 Å². The third kappa shape index (κ3) is 4.00. The summed E-state index contributed by atoms with van der Waals surface area (Å²) in [5.74, 6) is -1.21. The molecule has 4 nitrogen and oxygen atoms in total. The quantitative estimate of drug-likeness (QED) is 0.426. The van der Waals surface area contributed by atoms with Crippen molar-refractivity contribution in [3.8, 4) is 0 Å². The van der Waals surface area contributed by atoms with Crippen LogP contribution >= 0.6 is 11.6 Å². The molecule has 1 aliphatic carbocycles. The van der Waals surface area contributed by atoms with Crippen LogP contribution in [0.3, 0.4) is 0 Å². The Morgan fingerprint density at radius 2 is 1.23 bits per heavy atom. The summed E-state index contributed by atoms with van der Waals surface area (Å²) in [4.78, 5) is 26.7. The summed E-state index contributed by atoms with van der Waals surface area (Å²) in [5, 5.41) is 3.24. The Hall–Kier alpha value is -3.37. The number of ketones is 2. The number of carbonyl (C=O) groups is 2. The number of hydrogen-bond acceptors (Lipinski definition) is 4. The van der Waals surface area contributed by atoms with Gasteiger partial charge in [-0.3, -0.25) is 9.59 Å². The van der Waals surface area contributed by atoms with Gasteiger partial charge in [0.1, 0.15) is 5.03 Å². The Morgan fingerprint density at radius 1 is 0.700 bits per heavy atom. The van der Waals surface area contributed by atoms with Gasteiger partial charge >= 0.3 is 0 Å². The number of fused-ring (bicyclic) bond motifs is 1. The summed E-state index contributed by atoms with van der Waals surface area (Å²) < 4.78 is 0. The maximum Gasteiger partial charge on any atom is 0.246 e. The fraction of sp³-hybridized carbons (Fsp3) is 0.120. The molecule has 0 saturated heterocycles. The minimum atomic E-state index is -0.659. The van der Waals surface area contributed by atoms with E-state index in [1.54, 1.807) is 12.1 Å². The molecule has 150 valence electrons. The molecular formula is C25H21ClN2O2. The number of nitrogens with zero attached hydrogens (tertiary/aromatic N) is 1. The predicted octanol–water partition coefficient (Wildman–Crippen LogP) is 5.18. The molecule has 0 bridgehead atoms. The first-order valence-corrected chi connectivity index (χ1v) is 10.2. The van der Waals surface area contributed by atoms with Crippen molar-refractivity contribution >= 4 is 40.2 Å². The van der Waals surface area contributed by atoms with Crippen LogP contribution in [0.15, 0.2) is 90.0 Å². The normalized spacial score (nSPS) is 13.2. The minimum absolute atomic E-state index is 0.0401. The van der Waals surface area contributed by atoms with Crippen molar-refractivity contribution in [2.24, 2.45) is 0 Å². The van der Waals surface area contributed by atoms with E-state index < -0.39 is 11.6 Å². The highest BCUT2D eigenvalue weighted by atomic mass is 35.5. The topological polar surface area (TPSA) is 49.4 Å². The number of carbonyl (C=O) groups excluding carboxylic acids is 2. The van der Waals surface area contributed by atoms with Gasteiger partial charge in [0.05, 0.1) is 5.70 Å². The van der Waals surface area contributed by atoms with Crippen molar-refractivity contribution in [3.63, 3.8) is 0 Å². The molecule has 0 radical (unpaired) electrons. The Morgan fingerprint density at radius 3 is 1.83 bits per heavy atom. The lowest BCUT2D eigenvalue weighted by Crippen LogP contribution is -2.29. The monoisotopic (exact) mass is 416 g/mol. The van der Waals surface area contributed by atoms with E-state index in [1.165, 1.54) is 0 Å². The Bertz CT molecular complexity index is 1050. The highest BCUT2D eigenvalue weighted by molar-refractivity contribution is 6.64. The molecule has 0 fully saturated rings. The van der Waals surface area contributed by atoms with Gasteiger partial charge in [0.25, 0.3) is 0 Å². The van der Waals surface area contributed by atoms with Gasteiger partial charge in [0.15, 0.2) is 0 Å². The summed E-state index contributed by atoms with van der Waals surface area (Å²) in [6.07, 6.45) is 0.807. The number of anilines is 2. The Kier molecular flexibility index (Phi) is 5.96. The first-order chi connectivity index (χ1) is 14.7. The van der Waals surface area contributed by atoms with Crippen LogP contribution in [0.5, 0.6) is 0 Å². The van der Waals surface area contributed by atoms with Gasteiger partial charge in [0, 0.05) is 35.6 Å². The van der Waals surface area contributed by atoms with Gasteiger partial charge in [0.2, 0.25) is 11.6 Å². The third-order valence-corrected chi connectivity index (χ3v) is 5.42. The smallest absolute Gasteiger partial charge is 0.246 e. The van der Waals surface area contributed by atoms with E-state index >= 15 is 0 Å². The lowest BCUT2D eigenvalue weighted by molar-refractivity contribution is -0.111. The van der Waals surface area contributed by atoms with E-state index in [9.17, 15) is 9.59 Å². The highest BCUT2D eigenvalue weighted by Crippen LogP contribution is 2.30. The average molecular weight is 417 g/mol. The molecule has 0 unspecified atom stereocenters. The molecule has 0 heterocycles. The van der Waals surface area contributed by atoms with Crippen LogP contribution in [0.25, 0.3) is 5.70 Å². The average Bonchev–Trinajstić information content (AvgIpc) is 2.80.